The van der Waals surface area contributed by atoms with Crippen molar-refractivity contribution in [1.82, 2.24) is 0 Å². The fourth-order valence-electron chi connectivity index (χ4n) is 5.82. The van der Waals surface area contributed by atoms with Gasteiger partial charge >= 0.3 is 11.9 Å². The van der Waals surface area contributed by atoms with Crippen LogP contribution in [0.2, 0.25) is 0 Å². The van der Waals surface area contributed by atoms with Gasteiger partial charge in [-0.15, -0.1) is 0 Å². The van der Waals surface area contributed by atoms with Crippen LogP contribution < -0.4 is 0 Å². The third-order valence-electron chi connectivity index (χ3n) is 7.78. The SMILES string of the molecule is Cc1cc2c(C(C)C)c(O)c(O)c(C=O)c2c(O)c1-c1c(C)cc2c(C(C)C)c(O)c(O)c(C=O)c2c1O.O=C(O)CCC(=O)O. The summed E-state index contributed by atoms with van der Waals surface area (Å²) in [7, 11) is 0. The van der Waals surface area contributed by atoms with Crippen LogP contribution >= 0.6 is 0 Å². The number of carbonyl (C=O) groups excluding carboxylic acids is 2. The van der Waals surface area contributed by atoms with Gasteiger partial charge in [0.2, 0.25) is 0 Å². The zero-order chi connectivity index (χ0) is 34.9. The Balaban J connectivity index is 0.000000637. The van der Waals surface area contributed by atoms with Crippen LogP contribution in [-0.4, -0.2) is 65.4 Å². The molecule has 12 heteroatoms. The second kappa shape index (κ2) is 13.2. The fraction of sp³-hybridized carbons (Fsp3) is 0.294. The molecule has 4 aromatic rings. The first-order chi connectivity index (χ1) is 21.4. The highest BCUT2D eigenvalue weighted by atomic mass is 16.4. The smallest absolute Gasteiger partial charge is 0.303 e. The molecule has 0 aliphatic heterocycles. The van der Waals surface area contributed by atoms with Gasteiger partial charge in [-0.25, -0.2) is 0 Å². The number of fused-ring (bicyclic) bond motifs is 2. The van der Waals surface area contributed by atoms with Gasteiger partial charge < -0.3 is 40.9 Å². The minimum atomic E-state index is -1.08. The van der Waals surface area contributed by atoms with Gasteiger partial charge in [0.05, 0.1) is 24.0 Å². The molecule has 244 valence electrons. The average Bonchev–Trinajstić information content (AvgIpc) is 2.95. The van der Waals surface area contributed by atoms with Gasteiger partial charge in [-0.2, -0.15) is 0 Å². The number of benzene rings is 4. The van der Waals surface area contributed by atoms with E-state index in [0.717, 1.165) is 0 Å². The van der Waals surface area contributed by atoms with Crippen molar-refractivity contribution < 1.29 is 60.0 Å². The van der Waals surface area contributed by atoms with E-state index in [1.54, 1.807) is 53.7 Å². The van der Waals surface area contributed by atoms with Gasteiger partial charge in [0.1, 0.15) is 11.5 Å². The normalized spacial score (nSPS) is 11.1. The maximum Gasteiger partial charge on any atom is 0.303 e. The number of rotatable bonds is 8. The maximum atomic E-state index is 12.0. The van der Waals surface area contributed by atoms with E-state index in [0.29, 0.717) is 45.6 Å². The molecule has 4 rings (SSSR count). The number of carbonyl (C=O) groups is 4. The predicted molar refractivity (Wildman–Crippen MR) is 170 cm³/mol. The first-order valence-corrected chi connectivity index (χ1v) is 14.2. The molecule has 0 aliphatic carbocycles. The van der Waals surface area contributed by atoms with Crippen LogP contribution in [0.4, 0.5) is 0 Å². The Morgan fingerprint density at radius 2 is 0.891 bits per heavy atom. The zero-order valence-corrected chi connectivity index (χ0v) is 26.1. The van der Waals surface area contributed by atoms with E-state index >= 15 is 0 Å². The minimum Gasteiger partial charge on any atom is -0.507 e. The Hall–Kier alpha value is -5.52. The summed E-state index contributed by atoms with van der Waals surface area (Å²) in [5, 5.41) is 82.2. The zero-order valence-electron chi connectivity index (χ0n) is 26.1. The quantitative estimate of drug-likeness (QED) is 0.0784. The average molecular weight is 637 g/mol. The van der Waals surface area contributed by atoms with Crippen molar-refractivity contribution in [3.8, 4) is 45.6 Å². The molecule has 12 nitrogen and oxygen atoms in total. The first-order valence-electron chi connectivity index (χ1n) is 14.2. The number of aliphatic carboxylic acids is 2. The van der Waals surface area contributed by atoms with Crippen LogP contribution in [0.1, 0.15) is 95.3 Å². The van der Waals surface area contributed by atoms with Crippen molar-refractivity contribution in [3.63, 3.8) is 0 Å². The van der Waals surface area contributed by atoms with Crippen LogP contribution in [0.3, 0.4) is 0 Å². The van der Waals surface area contributed by atoms with Crippen LogP contribution in [0, 0.1) is 13.8 Å². The molecule has 0 saturated heterocycles. The molecular weight excluding hydrogens is 600 g/mol. The molecule has 0 unspecified atom stereocenters. The lowest BCUT2D eigenvalue weighted by Gasteiger charge is -2.23. The number of phenolic OH excluding ortho intramolecular Hbond substituents is 6. The first kappa shape index (κ1) is 35.0. The standard InChI is InChI=1S/C30H30O8.C4H6O4/c1-11(2)19-15-7-13(5)21(27(35)23(15)17(9-31)25(33)29(19)37)22-14(6)8-16-20(12(3)4)30(38)26(34)18(10-32)24(16)28(22)36;5-3(6)1-2-4(7)8/h7-12,33-38H,1-6H3;1-2H2,(H,5,6)(H,7,8). The largest absolute Gasteiger partial charge is 0.507 e. The third-order valence-corrected chi connectivity index (χ3v) is 7.78. The van der Waals surface area contributed by atoms with Gasteiger partial charge in [0.25, 0.3) is 0 Å². The van der Waals surface area contributed by atoms with Gasteiger partial charge in [0, 0.05) is 33.0 Å². The van der Waals surface area contributed by atoms with E-state index < -0.39 is 46.4 Å². The van der Waals surface area contributed by atoms with Crippen molar-refractivity contribution >= 4 is 46.1 Å². The second-order valence-electron chi connectivity index (χ2n) is 11.6. The second-order valence-corrected chi connectivity index (χ2v) is 11.6. The monoisotopic (exact) mass is 636 g/mol. The predicted octanol–water partition coefficient (Wildman–Crippen LogP) is 6.32. The van der Waals surface area contributed by atoms with Gasteiger partial charge in [-0.3, -0.25) is 19.2 Å². The molecule has 0 amide bonds. The lowest BCUT2D eigenvalue weighted by molar-refractivity contribution is -0.143. The Labute approximate surface area is 263 Å². The number of hydrogen-bond donors (Lipinski definition) is 8. The van der Waals surface area contributed by atoms with Crippen LogP contribution in [-0.2, 0) is 9.59 Å². The van der Waals surface area contributed by atoms with Crippen LogP contribution in [0.25, 0.3) is 32.7 Å². The van der Waals surface area contributed by atoms with Crippen LogP contribution in [0.5, 0.6) is 34.5 Å². The Bertz CT molecular complexity index is 1780. The summed E-state index contributed by atoms with van der Waals surface area (Å²) in [4.78, 5) is 43.3. The van der Waals surface area contributed by atoms with E-state index in [1.807, 2.05) is 0 Å². The summed E-state index contributed by atoms with van der Waals surface area (Å²) >= 11 is 0. The highest BCUT2D eigenvalue weighted by Crippen LogP contribution is 2.54. The molecule has 0 radical (unpaired) electrons. The van der Waals surface area contributed by atoms with Crippen molar-refractivity contribution in [2.45, 2.75) is 66.2 Å². The minimum absolute atomic E-state index is 0.00512. The number of hydrogen-bond acceptors (Lipinski definition) is 10. The molecule has 0 spiro atoms. The molecule has 0 aliphatic rings. The van der Waals surface area contributed by atoms with E-state index in [1.165, 1.54) is 0 Å². The third kappa shape index (κ3) is 5.93. The number of carboxylic acids is 2. The molecule has 0 heterocycles. The Kier molecular flexibility index (Phi) is 10.1. The number of aldehydes is 2. The number of phenols is 6. The number of carboxylic acid groups (broad SMARTS) is 2. The molecule has 0 aromatic heterocycles. The summed E-state index contributed by atoms with van der Waals surface area (Å²) in [6.45, 7) is 10.5. The van der Waals surface area contributed by atoms with Crippen molar-refractivity contribution in [2.24, 2.45) is 0 Å². The summed E-state index contributed by atoms with van der Waals surface area (Å²) in [5.74, 6) is -5.73. The van der Waals surface area contributed by atoms with Crippen molar-refractivity contribution in [3.05, 3.63) is 45.5 Å². The van der Waals surface area contributed by atoms with Gasteiger partial charge in [-0.05, 0) is 47.6 Å². The number of aryl methyl sites for hydroxylation is 2. The Morgan fingerprint density at radius 1 is 0.587 bits per heavy atom. The number of aromatic hydroxyl groups is 6. The van der Waals surface area contributed by atoms with Gasteiger partial charge in [-0.1, -0.05) is 39.8 Å². The molecule has 0 atom stereocenters. The Morgan fingerprint density at radius 3 is 1.13 bits per heavy atom. The molecule has 0 fully saturated rings. The van der Waals surface area contributed by atoms with E-state index in [-0.39, 0.29) is 57.7 Å². The van der Waals surface area contributed by atoms with Crippen LogP contribution in [0.15, 0.2) is 12.1 Å². The van der Waals surface area contributed by atoms with E-state index in [9.17, 15) is 49.8 Å². The topological polar surface area (TPSA) is 230 Å². The maximum absolute atomic E-state index is 12.0. The summed E-state index contributed by atoms with van der Waals surface area (Å²) in [6, 6.07) is 3.31. The highest BCUT2D eigenvalue weighted by molar-refractivity contribution is 6.14. The summed E-state index contributed by atoms with van der Waals surface area (Å²) in [5.41, 5.74) is 1.33. The fourth-order valence-corrected chi connectivity index (χ4v) is 5.82. The van der Waals surface area contributed by atoms with E-state index in [2.05, 4.69) is 0 Å². The lowest BCUT2D eigenvalue weighted by atomic mass is 9.83. The summed E-state index contributed by atoms with van der Waals surface area (Å²) in [6.07, 6.45) is 0.0893. The van der Waals surface area contributed by atoms with Gasteiger partial charge in [0.15, 0.2) is 35.6 Å². The molecular formula is C34H36O12. The van der Waals surface area contributed by atoms with E-state index in [4.69, 9.17) is 10.2 Å². The molecule has 0 saturated carbocycles. The highest BCUT2D eigenvalue weighted by Gasteiger charge is 2.29. The summed E-state index contributed by atoms with van der Waals surface area (Å²) < 4.78 is 0. The lowest BCUT2D eigenvalue weighted by Crippen LogP contribution is -2.01. The molecule has 0 bridgehead atoms. The molecule has 8 N–H and O–H groups in total. The molecule has 46 heavy (non-hydrogen) atoms. The van der Waals surface area contributed by atoms with Crippen molar-refractivity contribution in [2.75, 3.05) is 0 Å². The molecule has 4 aromatic carbocycles. The van der Waals surface area contributed by atoms with Crippen molar-refractivity contribution in [1.29, 1.82) is 0 Å².